The van der Waals surface area contributed by atoms with Crippen LogP contribution in [-0.2, 0) is 0 Å². The van der Waals surface area contributed by atoms with Gasteiger partial charge in [0.1, 0.15) is 0 Å². The maximum Gasteiger partial charge on any atom is 0.0632 e. The van der Waals surface area contributed by atoms with Crippen LogP contribution in [0.5, 0.6) is 0 Å². The van der Waals surface area contributed by atoms with Crippen LogP contribution >= 0.6 is 0 Å². The van der Waals surface area contributed by atoms with Gasteiger partial charge in [0.25, 0.3) is 0 Å². The first-order valence-corrected chi connectivity index (χ1v) is 6.77. The highest BCUT2D eigenvalue weighted by molar-refractivity contribution is 5.98. The zero-order valence-electron chi connectivity index (χ0n) is 10.9. The maximum absolute atomic E-state index is 9.19. The second-order valence-corrected chi connectivity index (χ2v) is 5.21. The number of rotatable bonds is 2. The van der Waals surface area contributed by atoms with Crippen molar-refractivity contribution in [1.29, 1.82) is 0 Å². The van der Waals surface area contributed by atoms with Crippen molar-refractivity contribution < 1.29 is 5.11 Å². The highest BCUT2D eigenvalue weighted by Crippen LogP contribution is 2.33. The molecule has 1 aromatic heterocycles. The Hall–Kier alpha value is -1.81. The van der Waals surface area contributed by atoms with Crippen LogP contribution in [0.3, 0.4) is 0 Å². The molecule has 3 rings (SSSR count). The molecule has 1 fully saturated rings. The van der Waals surface area contributed by atoms with E-state index in [1.54, 1.807) is 6.20 Å². The Kier molecular flexibility index (Phi) is 3.25. The lowest BCUT2D eigenvalue weighted by atomic mass is 9.97. The van der Waals surface area contributed by atoms with E-state index in [0.717, 1.165) is 48.1 Å². The zero-order valence-corrected chi connectivity index (χ0v) is 10.9. The van der Waals surface area contributed by atoms with Gasteiger partial charge in [-0.15, -0.1) is 0 Å². The number of nitrogens with zero attached hydrogens (tertiary/aromatic N) is 2. The highest BCUT2D eigenvalue weighted by atomic mass is 16.3. The molecule has 1 aromatic carbocycles. The van der Waals surface area contributed by atoms with E-state index in [-0.39, 0.29) is 0 Å². The molecular formula is C15H19N3O. The molecule has 2 aromatic rings. The third-order valence-corrected chi connectivity index (χ3v) is 4.05. The van der Waals surface area contributed by atoms with Gasteiger partial charge in [-0.05, 0) is 30.9 Å². The van der Waals surface area contributed by atoms with Crippen LogP contribution in [-0.4, -0.2) is 29.8 Å². The molecule has 19 heavy (non-hydrogen) atoms. The molecule has 0 unspecified atom stereocenters. The van der Waals surface area contributed by atoms with Gasteiger partial charge < -0.3 is 15.7 Å². The number of pyridine rings is 1. The van der Waals surface area contributed by atoms with Gasteiger partial charge in [-0.25, -0.2) is 0 Å². The number of hydrogen-bond donors (Lipinski definition) is 2. The Balaban J connectivity index is 1.91. The van der Waals surface area contributed by atoms with Gasteiger partial charge in [-0.1, -0.05) is 6.07 Å². The molecule has 4 nitrogen and oxygen atoms in total. The van der Waals surface area contributed by atoms with Gasteiger partial charge in [0.05, 0.1) is 11.4 Å². The van der Waals surface area contributed by atoms with E-state index in [4.69, 9.17) is 5.73 Å². The van der Waals surface area contributed by atoms with Gasteiger partial charge in [-0.2, -0.15) is 0 Å². The fourth-order valence-corrected chi connectivity index (χ4v) is 2.81. The molecule has 0 amide bonds. The molecule has 0 bridgehead atoms. The lowest BCUT2D eigenvalue weighted by Gasteiger charge is -2.33. The summed E-state index contributed by atoms with van der Waals surface area (Å²) in [5, 5.41) is 11.3. The Labute approximate surface area is 112 Å². The van der Waals surface area contributed by atoms with E-state index in [9.17, 15) is 5.11 Å². The van der Waals surface area contributed by atoms with Gasteiger partial charge in [0.15, 0.2) is 0 Å². The first-order valence-electron chi connectivity index (χ1n) is 6.77. The smallest absolute Gasteiger partial charge is 0.0632 e. The summed E-state index contributed by atoms with van der Waals surface area (Å²) in [4.78, 5) is 6.44. The minimum atomic E-state index is 0.298. The molecule has 1 aliphatic rings. The van der Waals surface area contributed by atoms with Crippen molar-refractivity contribution in [3.8, 4) is 0 Å². The molecule has 1 aliphatic heterocycles. The first-order chi connectivity index (χ1) is 9.29. The molecule has 1 saturated heterocycles. The number of hydrogen-bond acceptors (Lipinski definition) is 4. The minimum absolute atomic E-state index is 0.298. The van der Waals surface area contributed by atoms with Gasteiger partial charge in [0, 0.05) is 42.9 Å². The van der Waals surface area contributed by atoms with Crippen molar-refractivity contribution in [2.24, 2.45) is 5.92 Å². The normalized spacial score (nSPS) is 17.0. The van der Waals surface area contributed by atoms with Crippen molar-refractivity contribution >= 4 is 22.1 Å². The summed E-state index contributed by atoms with van der Waals surface area (Å²) >= 11 is 0. The van der Waals surface area contributed by atoms with Gasteiger partial charge >= 0.3 is 0 Å². The fraction of sp³-hybridized carbons (Fsp3) is 0.400. The Bertz CT molecular complexity index is 577. The number of benzene rings is 1. The van der Waals surface area contributed by atoms with Crippen molar-refractivity contribution in [2.45, 2.75) is 12.8 Å². The molecule has 0 aliphatic carbocycles. The summed E-state index contributed by atoms with van der Waals surface area (Å²) < 4.78 is 0. The van der Waals surface area contributed by atoms with E-state index in [0.29, 0.717) is 12.5 Å². The topological polar surface area (TPSA) is 62.4 Å². The van der Waals surface area contributed by atoms with Crippen LogP contribution in [0, 0.1) is 5.92 Å². The van der Waals surface area contributed by atoms with E-state index >= 15 is 0 Å². The van der Waals surface area contributed by atoms with Gasteiger partial charge in [-0.3, -0.25) is 4.98 Å². The summed E-state index contributed by atoms with van der Waals surface area (Å²) in [5.74, 6) is 0.446. The second-order valence-electron chi connectivity index (χ2n) is 5.21. The lowest BCUT2D eigenvalue weighted by molar-refractivity contribution is 0.203. The van der Waals surface area contributed by atoms with Crippen LogP contribution < -0.4 is 10.6 Å². The summed E-state index contributed by atoms with van der Waals surface area (Å²) in [6, 6.07) is 6.12. The molecular weight excluding hydrogens is 238 g/mol. The number of aromatic nitrogens is 1. The predicted octanol–water partition coefficient (Wildman–Crippen LogP) is 2.03. The van der Waals surface area contributed by atoms with Gasteiger partial charge in [0.2, 0.25) is 0 Å². The first kappa shape index (κ1) is 12.2. The van der Waals surface area contributed by atoms with E-state index in [2.05, 4.69) is 22.0 Å². The standard InChI is InChI=1S/C15H19N3O/c16-15-13-3-6-17-9-12(13)1-2-14(15)18-7-4-11(10-19)5-8-18/h1-3,6,9,11,19H,4-5,7-8,10,16H2. The summed E-state index contributed by atoms with van der Waals surface area (Å²) in [5.41, 5.74) is 8.24. The third-order valence-electron chi connectivity index (χ3n) is 4.05. The predicted molar refractivity (Wildman–Crippen MR) is 78.2 cm³/mol. The molecule has 4 heteroatoms. The number of anilines is 2. The summed E-state index contributed by atoms with van der Waals surface area (Å²) in [6.07, 6.45) is 5.68. The number of fused-ring (bicyclic) bond motifs is 1. The summed E-state index contributed by atoms with van der Waals surface area (Å²) in [6.45, 7) is 2.23. The molecule has 100 valence electrons. The molecule has 0 radical (unpaired) electrons. The average Bonchev–Trinajstić information content (AvgIpc) is 2.48. The average molecular weight is 257 g/mol. The van der Waals surface area contributed by atoms with Crippen molar-refractivity contribution in [2.75, 3.05) is 30.3 Å². The Morgan fingerprint density at radius 2 is 2.05 bits per heavy atom. The Morgan fingerprint density at radius 1 is 1.26 bits per heavy atom. The number of piperidine rings is 1. The van der Waals surface area contributed by atoms with Crippen molar-refractivity contribution in [1.82, 2.24) is 4.98 Å². The van der Waals surface area contributed by atoms with E-state index < -0.39 is 0 Å². The maximum atomic E-state index is 9.19. The molecule has 0 saturated carbocycles. The molecule has 2 heterocycles. The fourth-order valence-electron chi connectivity index (χ4n) is 2.81. The van der Waals surface area contributed by atoms with Crippen LogP contribution in [0.25, 0.3) is 10.8 Å². The second kappa shape index (κ2) is 5.05. The SMILES string of the molecule is Nc1c(N2CCC(CO)CC2)ccc2cnccc12. The largest absolute Gasteiger partial charge is 0.397 e. The molecule has 3 N–H and O–H groups in total. The molecule has 0 spiro atoms. The number of nitrogen functional groups attached to an aromatic ring is 1. The zero-order chi connectivity index (χ0) is 13.2. The quantitative estimate of drug-likeness (QED) is 0.808. The molecule has 0 atom stereocenters. The monoisotopic (exact) mass is 257 g/mol. The van der Waals surface area contributed by atoms with Crippen molar-refractivity contribution in [3.05, 3.63) is 30.6 Å². The van der Waals surface area contributed by atoms with Crippen LogP contribution in [0.15, 0.2) is 30.6 Å². The van der Waals surface area contributed by atoms with Crippen molar-refractivity contribution in [3.63, 3.8) is 0 Å². The highest BCUT2D eigenvalue weighted by Gasteiger charge is 2.20. The number of aliphatic hydroxyl groups is 1. The number of nitrogens with two attached hydrogens (primary N) is 1. The van der Waals surface area contributed by atoms with E-state index in [1.165, 1.54) is 0 Å². The minimum Gasteiger partial charge on any atom is -0.397 e. The Morgan fingerprint density at radius 3 is 2.79 bits per heavy atom. The number of aliphatic hydroxyl groups excluding tert-OH is 1. The summed E-state index contributed by atoms with van der Waals surface area (Å²) in [7, 11) is 0. The van der Waals surface area contributed by atoms with Crippen LogP contribution in [0.4, 0.5) is 11.4 Å². The van der Waals surface area contributed by atoms with E-state index in [1.807, 2.05) is 12.3 Å². The third kappa shape index (κ3) is 2.24. The lowest BCUT2D eigenvalue weighted by Crippen LogP contribution is -2.35. The van der Waals surface area contributed by atoms with Crippen LogP contribution in [0.2, 0.25) is 0 Å². The van der Waals surface area contributed by atoms with Crippen LogP contribution in [0.1, 0.15) is 12.8 Å².